The van der Waals surface area contributed by atoms with E-state index in [-0.39, 0.29) is 11.8 Å². The molecule has 2 aromatic rings. The zero-order chi connectivity index (χ0) is 17.3. The highest BCUT2D eigenvalue weighted by Gasteiger charge is 2.38. The van der Waals surface area contributed by atoms with Gasteiger partial charge in [-0.2, -0.15) is 0 Å². The van der Waals surface area contributed by atoms with Gasteiger partial charge in [0.25, 0.3) is 5.91 Å². The van der Waals surface area contributed by atoms with Crippen LogP contribution < -0.4 is 0 Å². The summed E-state index contributed by atoms with van der Waals surface area (Å²) in [6, 6.07) is 9.80. The third-order valence-electron chi connectivity index (χ3n) is 5.12. The van der Waals surface area contributed by atoms with Crippen molar-refractivity contribution < 1.29 is 9.90 Å². The Balaban J connectivity index is 1.82. The van der Waals surface area contributed by atoms with Crippen LogP contribution in [-0.2, 0) is 0 Å². The molecule has 2 N–H and O–H groups in total. The number of carbonyl (C=O) groups is 1. The largest absolute Gasteiger partial charge is 0.390 e. The van der Waals surface area contributed by atoms with E-state index >= 15 is 0 Å². The van der Waals surface area contributed by atoms with Crippen LogP contribution in [0.4, 0.5) is 0 Å². The molecule has 2 atom stereocenters. The molecule has 128 valence electrons. The van der Waals surface area contributed by atoms with Crippen molar-refractivity contribution in [2.75, 3.05) is 13.1 Å². The van der Waals surface area contributed by atoms with Crippen LogP contribution in [0.15, 0.2) is 30.3 Å². The number of rotatable bonds is 3. The molecule has 1 fully saturated rings. The summed E-state index contributed by atoms with van der Waals surface area (Å²) in [7, 11) is 0. The first kappa shape index (κ1) is 16.7. The number of nitrogens with one attached hydrogen (secondary N) is 1. The summed E-state index contributed by atoms with van der Waals surface area (Å²) < 4.78 is 0. The van der Waals surface area contributed by atoms with Gasteiger partial charge in [-0.3, -0.25) is 4.79 Å². The SMILES string of the molecule is CC[C@@H]1CN(C(=O)c2nc(-c3ccccc3)[nH]c2C)CC[C@]1(C)O. The number of hydrogen-bond donors (Lipinski definition) is 2. The van der Waals surface area contributed by atoms with Gasteiger partial charge >= 0.3 is 0 Å². The van der Waals surface area contributed by atoms with E-state index in [4.69, 9.17) is 0 Å². The fourth-order valence-corrected chi connectivity index (χ4v) is 3.42. The third-order valence-corrected chi connectivity index (χ3v) is 5.12. The Labute approximate surface area is 142 Å². The van der Waals surface area contributed by atoms with Gasteiger partial charge in [-0.1, -0.05) is 37.3 Å². The van der Waals surface area contributed by atoms with Crippen molar-refractivity contribution in [1.29, 1.82) is 0 Å². The Hall–Kier alpha value is -2.14. The zero-order valence-electron chi connectivity index (χ0n) is 14.5. The maximum atomic E-state index is 12.9. The van der Waals surface area contributed by atoms with Gasteiger partial charge < -0.3 is 15.0 Å². The van der Waals surface area contributed by atoms with E-state index in [1.807, 2.05) is 49.1 Å². The third kappa shape index (κ3) is 3.08. The minimum Gasteiger partial charge on any atom is -0.390 e. The highest BCUT2D eigenvalue weighted by atomic mass is 16.3. The number of imidazole rings is 1. The van der Waals surface area contributed by atoms with Crippen molar-refractivity contribution in [1.82, 2.24) is 14.9 Å². The van der Waals surface area contributed by atoms with Gasteiger partial charge in [-0.25, -0.2) is 4.98 Å². The highest BCUT2D eigenvalue weighted by molar-refractivity contribution is 5.94. The Morgan fingerprint density at radius 1 is 1.42 bits per heavy atom. The number of amides is 1. The number of hydrogen-bond acceptors (Lipinski definition) is 3. The molecule has 0 radical (unpaired) electrons. The molecule has 2 heterocycles. The second-order valence-electron chi connectivity index (χ2n) is 6.89. The van der Waals surface area contributed by atoms with E-state index < -0.39 is 5.60 Å². The van der Waals surface area contributed by atoms with E-state index in [2.05, 4.69) is 16.9 Å². The molecule has 0 bridgehead atoms. The van der Waals surface area contributed by atoms with Crippen molar-refractivity contribution in [3.8, 4) is 11.4 Å². The number of carbonyl (C=O) groups excluding carboxylic acids is 1. The van der Waals surface area contributed by atoms with E-state index in [0.717, 1.165) is 17.7 Å². The molecule has 5 heteroatoms. The molecule has 1 aliphatic rings. The molecule has 0 saturated carbocycles. The minimum atomic E-state index is -0.693. The first-order valence-corrected chi connectivity index (χ1v) is 8.56. The number of piperidine rings is 1. The van der Waals surface area contributed by atoms with Gasteiger partial charge in [0.1, 0.15) is 11.5 Å². The van der Waals surface area contributed by atoms with Crippen molar-refractivity contribution in [3.63, 3.8) is 0 Å². The first-order valence-electron chi connectivity index (χ1n) is 8.56. The number of aromatic amines is 1. The first-order chi connectivity index (χ1) is 11.4. The van der Waals surface area contributed by atoms with Crippen LogP contribution in [0.3, 0.4) is 0 Å². The van der Waals surface area contributed by atoms with Crippen molar-refractivity contribution >= 4 is 5.91 Å². The van der Waals surface area contributed by atoms with Crippen LogP contribution >= 0.6 is 0 Å². The molecule has 1 amide bonds. The van der Waals surface area contributed by atoms with E-state index in [1.54, 1.807) is 0 Å². The summed E-state index contributed by atoms with van der Waals surface area (Å²) in [4.78, 5) is 22.5. The van der Waals surface area contributed by atoms with Gasteiger partial charge in [-0.05, 0) is 26.7 Å². The molecule has 24 heavy (non-hydrogen) atoms. The molecule has 1 aromatic heterocycles. The molecule has 3 rings (SSSR count). The Kier molecular flexibility index (Phi) is 4.45. The summed E-state index contributed by atoms with van der Waals surface area (Å²) in [6.45, 7) is 6.95. The Morgan fingerprint density at radius 2 is 2.12 bits per heavy atom. The summed E-state index contributed by atoms with van der Waals surface area (Å²) in [5, 5.41) is 10.5. The Morgan fingerprint density at radius 3 is 2.79 bits per heavy atom. The molecule has 1 aliphatic heterocycles. The summed E-state index contributed by atoms with van der Waals surface area (Å²) in [5.74, 6) is 0.760. The number of benzene rings is 1. The van der Waals surface area contributed by atoms with Crippen LogP contribution in [0.1, 0.15) is 42.9 Å². The molecule has 5 nitrogen and oxygen atoms in total. The van der Waals surface area contributed by atoms with E-state index in [1.165, 1.54) is 0 Å². The van der Waals surface area contributed by atoms with Crippen molar-refractivity contribution in [2.24, 2.45) is 5.92 Å². The monoisotopic (exact) mass is 327 g/mol. The topological polar surface area (TPSA) is 69.2 Å². The van der Waals surface area contributed by atoms with Gasteiger partial charge in [0, 0.05) is 30.3 Å². The molecular weight excluding hydrogens is 302 g/mol. The standard InChI is InChI=1S/C19H25N3O2/c1-4-15-12-22(11-10-19(15,3)24)18(23)16-13(2)20-17(21-16)14-8-6-5-7-9-14/h5-9,15,24H,4,10-12H2,1-3H3,(H,20,21)/t15-,19+/m1/s1. The average molecular weight is 327 g/mol. The van der Waals surface area contributed by atoms with Gasteiger partial charge in [0.2, 0.25) is 0 Å². The predicted octanol–water partition coefficient (Wildman–Crippen LogP) is 3.01. The van der Waals surface area contributed by atoms with Crippen LogP contribution in [0.25, 0.3) is 11.4 Å². The maximum Gasteiger partial charge on any atom is 0.274 e. The quantitative estimate of drug-likeness (QED) is 0.910. The number of aryl methyl sites for hydroxylation is 1. The minimum absolute atomic E-state index is 0.0557. The fraction of sp³-hybridized carbons (Fsp3) is 0.474. The van der Waals surface area contributed by atoms with Crippen LogP contribution in [0.5, 0.6) is 0 Å². The van der Waals surface area contributed by atoms with Gasteiger partial charge in [0.15, 0.2) is 0 Å². The molecular formula is C19H25N3O2. The molecule has 0 unspecified atom stereocenters. The summed E-state index contributed by atoms with van der Waals surface area (Å²) in [5.41, 5.74) is 1.53. The number of likely N-dealkylation sites (tertiary alicyclic amines) is 1. The number of H-pyrrole nitrogens is 1. The molecule has 0 aliphatic carbocycles. The maximum absolute atomic E-state index is 12.9. The lowest BCUT2D eigenvalue weighted by atomic mass is 9.81. The fourth-order valence-electron chi connectivity index (χ4n) is 3.42. The lowest BCUT2D eigenvalue weighted by Crippen LogP contribution is -2.51. The van der Waals surface area contributed by atoms with E-state index in [0.29, 0.717) is 31.0 Å². The second kappa shape index (κ2) is 6.40. The van der Waals surface area contributed by atoms with E-state index in [9.17, 15) is 9.90 Å². The van der Waals surface area contributed by atoms with Crippen molar-refractivity contribution in [2.45, 2.75) is 39.2 Å². The molecule has 1 saturated heterocycles. The number of aromatic nitrogens is 2. The highest BCUT2D eigenvalue weighted by Crippen LogP contribution is 2.31. The lowest BCUT2D eigenvalue weighted by molar-refractivity contribution is -0.0522. The normalized spacial score (nSPS) is 24.2. The van der Waals surface area contributed by atoms with Gasteiger partial charge in [0.05, 0.1) is 5.60 Å². The smallest absolute Gasteiger partial charge is 0.274 e. The second-order valence-corrected chi connectivity index (χ2v) is 6.89. The average Bonchev–Trinajstić information content (AvgIpc) is 2.97. The van der Waals surface area contributed by atoms with Crippen molar-refractivity contribution in [3.05, 3.63) is 41.7 Å². The van der Waals surface area contributed by atoms with Gasteiger partial charge in [-0.15, -0.1) is 0 Å². The Bertz CT molecular complexity index is 721. The molecule has 1 aromatic carbocycles. The lowest BCUT2D eigenvalue weighted by Gasteiger charge is -2.42. The predicted molar refractivity (Wildman–Crippen MR) is 93.7 cm³/mol. The van der Waals surface area contributed by atoms with Crippen LogP contribution in [0, 0.1) is 12.8 Å². The summed E-state index contributed by atoms with van der Waals surface area (Å²) >= 11 is 0. The zero-order valence-corrected chi connectivity index (χ0v) is 14.5. The summed E-state index contributed by atoms with van der Waals surface area (Å²) in [6.07, 6.45) is 1.46. The number of nitrogens with zero attached hydrogens (tertiary/aromatic N) is 2. The number of aliphatic hydroxyl groups is 1. The van der Waals surface area contributed by atoms with Crippen LogP contribution in [0.2, 0.25) is 0 Å². The molecule has 0 spiro atoms. The van der Waals surface area contributed by atoms with Crippen LogP contribution in [-0.4, -0.2) is 44.6 Å².